The molecule has 15 heavy (non-hydrogen) atoms. The van der Waals surface area contributed by atoms with Crippen molar-refractivity contribution in [2.75, 3.05) is 0 Å². The fraction of sp³-hybridized carbons (Fsp3) is 0.500. The van der Waals surface area contributed by atoms with Gasteiger partial charge in [-0.2, -0.15) is 0 Å². The molecule has 0 bridgehead atoms. The standard InChI is InChI=1S/C12H16ClNO/c13-10-4-1-3-9(7-10)8-15-12-6-2-5-11(12)14/h1,3-4,7,11-12H,2,5-6,8,14H2/t11-,12-/m0/s1. The highest BCUT2D eigenvalue weighted by Crippen LogP contribution is 2.22. The maximum atomic E-state index is 5.92. The zero-order valence-electron chi connectivity index (χ0n) is 8.66. The second kappa shape index (κ2) is 4.97. The Hall–Kier alpha value is -0.570. The Labute approximate surface area is 95.4 Å². The van der Waals surface area contributed by atoms with Crippen molar-refractivity contribution in [2.24, 2.45) is 5.73 Å². The molecular formula is C12H16ClNO. The SMILES string of the molecule is N[C@H]1CCC[C@@H]1OCc1cccc(Cl)c1. The molecule has 1 aromatic rings. The van der Waals surface area contributed by atoms with Crippen LogP contribution < -0.4 is 5.73 Å². The first-order valence-electron chi connectivity index (χ1n) is 5.37. The highest BCUT2D eigenvalue weighted by atomic mass is 35.5. The lowest BCUT2D eigenvalue weighted by Crippen LogP contribution is -2.31. The van der Waals surface area contributed by atoms with Crippen molar-refractivity contribution in [3.8, 4) is 0 Å². The summed E-state index contributed by atoms with van der Waals surface area (Å²) in [5.74, 6) is 0. The molecule has 0 spiro atoms. The Balaban J connectivity index is 1.87. The third-order valence-electron chi connectivity index (χ3n) is 2.86. The number of hydrogen-bond donors (Lipinski definition) is 1. The minimum Gasteiger partial charge on any atom is -0.372 e. The van der Waals surface area contributed by atoms with E-state index in [1.165, 1.54) is 6.42 Å². The minimum atomic E-state index is 0.212. The van der Waals surface area contributed by atoms with Crippen LogP contribution in [0, 0.1) is 0 Å². The second-order valence-corrected chi connectivity index (χ2v) is 4.51. The maximum Gasteiger partial charge on any atom is 0.0730 e. The van der Waals surface area contributed by atoms with Crippen LogP contribution in [-0.2, 0) is 11.3 Å². The molecule has 2 nitrogen and oxygen atoms in total. The Bertz CT molecular complexity index is 329. The van der Waals surface area contributed by atoms with Crippen LogP contribution in [0.1, 0.15) is 24.8 Å². The molecule has 0 amide bonds. The molecule has 0 heterocycles. The fourth-order valence-corrected chi connectivity index (χ4v) is 2.20. The van der Waals surface area contributed by atoms with Crippen LogP contribution in [0.3, 0.4) is 0 Å². The van der Waals surface area contributed by atoms with Crippen LogP contribution in [0.2, 0.25) is 5.02 Å². The molecule has 2 N–H and O–H groups in total. The average Bonchev–Trinajstić information content (AvgIpc) is 2.61. The molecule has 0 aliphatic heterocycles. The van der Waals surface area contributed by atoms with Gasteiger partial charge in [0.05, 0.1) is 12.7 Å². The maximum absolute atomic E-state index is 5.92. The van der Waals surface area contributed by atoms with Gasteiger partial charge in [-0.3, -0.25) is 0 Å². The van der Waals surface area contributed by atoms with Gasteiger partial charge in [0, 0.05) is 11.1 Å². The van der Waals surface area contributed by atoms with Crippen LogP contribution >= 0.6 is 11.6 Å². The molecule has 2 atom stereocenters. The Kier molecular flexibility index (Phi) is 3.62. The lowest BCUT2D eigenvalue weighted by Gasteiger charge is -2.16. The van der Waals surface area contributed by atoms with Gasteiger partial charge in [-0.1, -0.05) is 23.7 Å². The Morgan fingerprint density at radius 1 is 1.40 bits per heavy atom. The van der Waals surface area contributed by atoms with E-state index in [1.54, 1.807) is 0 Å². The summed E-state index contributed by atoms with van der Waals surface area (Å²) in [6.45, 7) is 0.610. The third-order valence-corrected chi connectivity index (χ3v) is 3.09. The molecule has 82 valence electrons. The molecule has 1 aliphatic carbocycles. The van der Waals surface area contributed by atoms with Gasteiger partial charge in [-0.15, -0.1) is 0 Å². The van der Waals surface area contributed by atoms with E-state index in [1.807, 2.05) is 24.3 Å². The van der Waals surface area contributed by atoms with Crippen molar-refractivity contribution in [1.82, 2.24) is 0 Å². The average molecular weight is 226 g/mol. The van der Waals surface area contributed by atoms with E-state index in [4.69, 9.17) is 22.1 Å². The Morgan fingerprint density at radius 3 is 2.93 bits per heavy atom. The zero-order valence-corrected chi connectivity index (χ0v) is 9.41. The molecular weight excluding hydrogens is 210 g/mol. The molecule has 2 rings (SSSR count). The van der Waals surface area contributed by atoms with E-state index in [2.05, 4.69) is 0 Å². The molecule has 1 aromatic carbocycles. The van der Waals surface area contributed by atoms with Gasteiger partial charge < -0.3 is 10.5 Å². The summed E-state index contributed by atoms with van der Waals surface area (Å²) in [5.41, 5.74) is 7.03. The van der Waals surface area contributed by atoms with Crippen molar-refractivity contribution in [3.63, 3.8) is 0 Å². The number of hydrogen-bond acceptors (Lipinski definition) is 2. The van der Waals surface area contributed by atoms with Gasteiger partial charge in [0.1, 0.15) is 0 Å². The topological polar surface area (TPSA) is 35.2 Å². The van der Waals surface area contributed by atoms with Gasteiger partial charge in [-0.05, 0) is 37.0 Å². The van der Waals surface area contributed by atoms with E-state index < -0.39 is 0 Å². The van der Waals surface area contributed by atoms with Crippen molar-refractivity contribution >= 4 is 11.6 Å². The highest BCUT2D eigenvalue weighted by Gasteiger charge is 2.24. The Morgan fingerprint density at radius 2 is 2.27 bits per heavy atom. The minimum absolute atomic E-state index is 0.212. The summed E-state index contributed by atoms with van der Waals surface area (Å²) in [4.78, 5) is 0. The van der Waals surface area contributed by atoms with Gasteiger partial charge in [0.25, 0.3) is 0 Å². The smallest absolute Gasteiger partial charge is 0.0730 e. The van der Waals surface area contributed by atoms with Gasteiger partial charge in [0.15, 0.2) is 0 Å². The van der Waals surface area contributed by atoms with E-state index in [0.29, 0.717) is 6.61 Å². The number of ether oxygens (including phenoxy) is 1. The highest BCUT2D eigenvalue weighted by molar-refractivity contribution is 6.30. The summed E-state index contributed by atoms with van der Waals surface area (Å²) in [6, 6.07) is 7.97. The lowest BCUT2D eigenvalue weighted by atomic mass is 10.2. The second-order valence-electron chi connectivity index (χ2n) is 4.07. The van der Waals surface area contributed by atoms with Crippen LogP contribution in [-0.4, -0.2) is 12.1 Å². The van der Waals surface area contributed by atoms with Crippen LogP contribution in [0.4, 0.5) is 0 Å². The molecule has 3 heteroatoms. The van der Waals surface area contributed by atoms with E-state index in [0.717, 1.165) is 23.4 Å². The first-order chi connectivity index (χ1) is 7.25. The molecule has 0 aromatic heterocycles. The van der Waals surface area contributed by atoms with E-state index in [-0.39, 0.29) is 12.1 Å². The third kappa shape index (κ3) is 2.94. The van der Waals surface area contributed by atoms with Gasteiger partial charge in [-0.25, -0.2) is 0 Å². The quantitative estimate of drug-likeness (QED) is 0.859. The van der Waals surface area contributed by atoms with Crippen LogP contribution in [0.25, 0.3) is 0 Å². The fourth-order valence-electron chi connectivity index (χ4n) is 1.99. The number of rotatable bonds is 3. The summed E-state index contributed by atoms with van der Waals surface area (Å²) in [7, 11) is 0. The predicted molar refractivity (Wildman–Crippen MR) is 61.9 cm³/mol. The van der Waals surface area contributed by atoms with Gasteiger partial charge >= 0.3 is 0 Å². The first-order valence-corrected chi connectivity index (χ1v) is 5.75. The predicted octanol–water partition coefficient (Wildman–Crippen LogP) is 2.74. The molecule has 1 saturated carbocycles. The van der Waals surface area contributed by atoms with Crippen molar-refractivity contribution in [2.45, 2.75) is 38.0 Å². The molecule has 0 unspecified atom stereocenters. The first kappa shape index (κ1) is 10.9. The van der Waals surface area contributed by atoms with Crippen LogP contribution in [0.15, 0.2) is 24.3 Å². The molecule has 1 aliphatic rings. The summed E-state index contributed by atoms with van der Waals surface area (Å²) in [5, 5.41) is 0.756. The summed E-state index contributed by atoms with van der Waals surface area (Å²) < 4.78 is 5.77. The largest absolute Gasteiger partial charge is 0.372 e. The van der Waals surface area contributed by atoms with Crippen LogP contribution in [0.5, 0.6) is 0 Å². The van der Waals surface area contributed by atoms with Crippen molar-refractivity contribution < 1.29 is 4.74 Å². The molecule has 0 saturated heterocycles. The van der Waals surface area contributed by atoms with Crippen molar-refractivity contribution in [3.05, 3.63) is 34.9 Å². The number of nitrogens with two attached hydrogens (primary N) is 1. The van der Waals surface area contributed by atoms with E-state index in [9.17, 15) is 0 Å². The van der Waals surface area contributed by atoms with Crippen molar-refractivity contribution in [1.29, 1.82) is 0 Å². The monoisotopic (exact) mass is 225 g/mol. The number of halogens is 1. The summed E-state index contributed by atoms with van der Waals surface area (Å²) >= 11 is 5.89. The van der Waals surface area contributed by atoms with E-state index >= 15 is 0 Å². The zero-order chi connectivity index (χ0) is 10.7. The normalized spacial score (nSPS) is 25.7. The van der Waals surface area contributed by atoms with Gasteiger partial charge in [0.2, 0.25) is 0 Å². The molecule has 0 radical (unpaired) electrons. The lowest BCUT2D eigenvalue weighted by molar-refractivity contribution is 0.0357. The molecule has 1 fully saturated rings. The number of benzene rings is 1. The summed E-state index contributed by atoms with van der Waals surface area (Å²) in [6.07, 6.45) is 3.58.